The highest BCUT2D eigenvalue weighted by Crippen LogP contribution is 2.34. The van der Waals surface area contributed by atoms with Crippen LogP contribution < -0.4 is 15.6 Å². The number of nitrogens with one attached hydrogen (secondary N) is 2. The van der Waals surface area contributed by atoms with E-state index in [-0.39, 0.29) is 43.0 Å². The predicted molar refractivity (Wildman–Crippen MR) is 165 cm³/mol. The van der Waals surface area contributed by atoms with Crippen molar-refractivity contribution in [2.75, 3.05) is 42.8 Å². The standard InChI is InChI=1S/C30H36F3N7O4S/c1-30(2,3)44-29(42)38-10-9-20(16-38)40-26-18(14-35-28(36-26)34-13-17-4-5-17)12-21(27(40)41)24-22(32)6-7-23(25(24)33)37-45(43)39-11-8-19(31)15-39/h6-7,12,14,17,19-20,37H,4-5,8-11,13,15-16H2,1-3H3,(H,34,35,36)/t19-,20?,45?/m1/s1. The van der Waals surface area contributed by atoms with Gasteiger partial charge in [-0.15, -0.1) is 0 Å². The smallest absolute Gasteiger partial charge is 0.410 e. The fourth-order valence-electron chi connectivity index (χ4n) is 5.60. The van der Waals surface area contributed by atoms with E-state index in [4.69, 9.17) is 4.74 Å². The molecule has 1 aliphatic carbocycles. The summed E-state index contributed by atoms with van der Waals surface area (Å²) in [5, 5.41) is 3.56. The summed E-state index contributed by atoms with van der Waals surface area (Å²) >= 11 is -1.98. The molecular formula is C30H36F3N7O4S. The summed E-state index contributed by atoms with van der Waals surface area (Å²) in [7, 11) is 0. The van der Waals surface area contributed by atoms with Crippen LogP contribution in [0.3, 0.4) is 0 Å². The summed E-state index contributed by atoms with van der Waals surface area (Å²) in [4.78, 5) is 37.6. The highest BCUT2D eigenvalue weighted by molar-refractivity contribution is 7.84. The summed E-state index contributed by atoms with van der Waals surface area (Å²) in [5.74, 6) is -1.26. The van der Waals surface area contributed by atoms with Crippen LogP contribution >= 0.6 is 0 Å². The molecule has 3 aliphatic rings. The lowest BCUT2D eigenvalue weighted by Crippen LogP contribution is -2.36. The van der Waals surface area contributed by atoms with Gasteiger partial charge in [0, 0.05) is 44.3 Å². The first-order valence-corrected chi connectivity index (χ1v) is 16.2. The van der Waals surface area contributed by atoms with Crippen molar-refractivity contribution >= 4 is 39.9 Å². The Morgan fingerprint density at radius 3 is 2.60 bits per heavy atom. The van der Waals surface area contributed by atoms with Crippen molar-refractivity contribution in [1.29, 1.82) is 0 Å². The molecular weight excluding hydrogens is 611 g/mol. The van der Waals surface area contributed by atoms with Gasteiger partial charge in [-0.05, 0) is 70.6 Å². The maximum absolute atomic E-state index is 16.0. The molecule has 2 aromatic heterocycles. The summed E-state index contributed by atoms with van der Waals surface area (Å²) in [6.45, 7) is 6.53. The molecule has 4 heterocycles. The summed E-state index contributed by atoms with van der Waals surface area (Å²) in [6.07, 6.45) is 2.63. The Kier molecular flexibility index (Phi) is 8.50. The third-order valence-electron chi connectivity index (χ3n) is 8.08. The molecule has 2 saturated heterocycles. The van der Waals surface area contributed by atoms with Crippen molar-refractivity contribution in [3.63, 3.8) is 0 Å². The number of aromatic nitrogens is 3. The van der Waals surface area contributed by atoms with Crippen LogP contribution in [0.5, 0.6) is 0 Å². The van der Waals surface area contributed by atoms with E-state index in [1.54, 1.807) is 20.8 Å². The number of carbonyl (C=O) groups excluding carboxylic acids is 1. The third-order valence-corrected chi connectivity index (χ3v) is 9.28. The van der Waals surface area contributed by atoms with Gasteiger partial charge in [0.15, 0.2) is 17.0 Å². The van der Waals surface area contributed by atoms with Gasteiger partial charge < -0.3 is 15.0 Å². The number of fused-ring (bicyclic) bond motifs is 1. The topological polar surface area (TPSA) is 122 Å². The average molecular weight is 648 g/mol. The van der Waals surface area contributed by atoms with E-state index in [0.717, 1.165) is 25.0 Å². The number of likely N-dealkylation sites (tertiary alicyclic amines) is 1. The molecule has 1 aromatic carbocycles. The fourth-order valence-corrected chi connectivity index (χ4v) is 6.64. The van der Waals surface area contributed by atoms with Gasteiger partial charge in [-0.25, -0.2) is 31.5 Å². The average Bonchev–Trinajstić information content (AvgIpc) is 3.49. The van der Waals surface area contributed by atoms with E-state index in [9.17, 15) is 18.2 Å². The van der Waals surface area contributed by atoms with E-state index < -0.39 is 57.8 Å². The summed E-state index contributed by atoms with van der Waals surface area (Å²) in [6, 6.07) is 2.85. The zero-order valence-corrected chi connectivity index (χ0v) is 26.1. The molecule has 2 unspecified atom stereocenters. The molecule has 1 amide bonds. The van der Waals surface area contributed by atoms with E-state index >= 15 is 8.78 Å². The Balaban J connectivity index is 1.40. The van der Waals surface area contributed by atoms with Crippen LogP contribution in [0.2, 0.25) is 0 Å². The van der Waals surface area contributed by atoms with Crippen LogP contribution in [0, 0.1) is 17.6 Å². The van der Waals surface area contributed by atoms with Crippen LogP contribution in [0.1, 0.15) is 52.5 Å². The number of alkyl halides is 1. The number of anilines is 2. The van der Waals surface area contributed by atoms with Gasteiger partial charge in [-0.3, -0.25) is 14.1 Å². The lowest BCUT2D eigenvalue weighted by atomic mass is 10.0. The van der Waals surface area contributed by atoms with Gasteiger partial charge in [0.2, 0.25) is 5.95 Å². The van der Waals surface area contributed by atoms with E-state index in [1.807, 2.05) is 0 Å². The molecule has 0 bridgehead atoms. The van der Waals surface area contributed by atoms with Gasteiger partial charge in [-0.2, -0.15) is 4.98 Å². The number of halogens is 3. The number of rotatable bonds is 8. The molecule has 3 aromatic rings. The molecule has 6 rings (SSSR count). The van der Waals surface area contributed by atoms with Crippen molar-refractivity contribution in [2.24, 2.45) is 5.92 Å². The second-order valence-corrected chi connectivity index (χ2v) is 14.0. The number of benzene rings is 1. The zero-order valence-electron chi connectivity index (χ0n) is 25.3. The van der Waals surface area contributed by atoms with E-state index in [0.29, 0.717) is 36.8 Å². The van der Waals surface area contributed by atoms with Crippen LogP contribution in [-0.4, -0.2) is 78.5 Å². The first-order valence-electron chi connectivity index (χ1n) is 15.1. The molecule has 0 radical (unpaired) electrons. The van der Waals surface area contributed by atoms with Crippen LogP contribution in [0.15, 0.2) is 29.2 Å². The monoisotopic (exact) mass is 647 g/mol. The van der Waals surface area contributed by atoms with Crippen molar-refractivity contribution in [3.8, 4) is 11.1 Å². The van der Waals surface area contributed by atoms with Crippen molar-refractivity contribution in [3.05, 3.63) is 46.4 Å². The van der Waals surface area contributed by atoms with Gasteiger partial charge >= 0.3 is 6.09 Å². The molecule has 45 heavy (non-hydrogen) atoms. The Morgan fingerprint density at radius 2 is 1.91 bits per heavy atom. The Labute approximate surface area is 260 Å². The molecule has 3 atom stereocenters. The fraction of sp³-hybridized carbons (Fsp3) is 0.533. The van der Waals surface area contributed by atoms with Crippen molar-refractivity contribution in [2.45, 2.75) is 64.3 Å². The molecule has 15 heteroatoms. The number of hydrogen-bond donors (Lipinski definition) is 2. The van der Waals surface area contributed by atoms with Crippen molar-refractivity contribution in [1.82, 2.24) is 23.7 Å². The minimum absolute atomic E-state index is 0.0795. The predicted octanol–water partition coefficient (Wildman–Crippen LogP) is 4.77. The van der Waals surface area contributed by atoms with Gasteiger partial charge in [-0.1, -0.05) is 0 Å². The first-order chi connectivity index (χ1) is 21.4. The Morgan fingerprint density at radius 1 is 1.13 bits per heavy atom. The quantitative estimate of drug-likeness (QED) is 0.361. The Hall–Kier alpha value is -3.72. The molecule has 2 N–H and O–H groups in total. The lowest BCUT2D eigenvalue weighted by Gasteiger charge is -2.25. The number of carbonyl (C=O) groups is 1. The van der Waals surface area contributed by atoms with E-state index in [2.05, 4.69) is 20.0 Å². The van der Waals surface area contributed by atoms with Gasteiger partial charge in [0.25, 0.3) is 5.56 Å². The lowest BCUT2D eigenvalue weighted by molar-refractivity contribution is 0.0289. The van der Waals surface area contributed by atoms with Crippen molar-refractivity contribution < 1.29 is 26.9 Å². The number of pyridine rings is 1. The maximum Gasteiger partial charge on any atom is 0.410 e. The van der Waals surface area contributed by atoms with Crippen LogP contribution in [-0.2, 0) is 15.9 Å². The number of hydrogen-bond acceptors (Lipinski definition) is 7. The first kappa shape index (κ1) is 31.3. The van der Waals surface area contributed by atoms with E-state index in [1.165, 1.54) is 26.0 Å². The summed E-state index contributed by atoms with van der Waals surface area (Å²) in [5.41, 5.74) is -2.35. The molecule has 0 spiro atoms. The van der Waals surface area contributed by atoms with Crippen LogP contribution in [0.4, 0.5) is 29.6 Å². The van der Waals surface area contributed by atoms with Gasteiger partial charge in [0.1, 0.15) is 23.2 Å². The van der Waals surface area contributed by atoms with Gasteiger partial charge in [0.05, 0.1) is 22.9 Å². The number of nitrogens with zero attached hydrogens (tertiary/aromatic N) is 5. The second-order valence-electron chi connectivity index (χ2n) is 12.8. The molecule has 1 saturated carbocycles. The minimum Gasteiger partial charge on any atom is -0.444 e. The zero-order chi connectivity index (χ0) is 32.0. The molecule has 242 valence electrons. The molecule has 11 nitrogen and oxygen atoms in total. The summed E-state index contributed by atoms with van der Waals surface area (Å²) < 4.78 is 68.6. The second kappa shape index (κ2) is 12.2. The molecule has 2 aliphatic heterocycles. The number of amides is 1. The number of ether oxygens (including phenoxy) is 1. The maximum atomic E-state index is 16.0. The largest absolute Gasteiger partial charge is 0.444 e. The highest BCUT2D eigenvalue weighted by Gasteiger charge is 2.34. The highest BCUT2D eigenvalue weighted by atomic mass is 32.2. The Bertz CT molecular complexity index is 1710. The SMILES string of the molecule is CC(C)(C)OC(=O)N1CCC(n2c(=O)c(-c3c(F)ccc(NS(=O)N4CC[C@@H](F)C4)c3F)cc3cnc(NCC4CC4)nc32)C1. The normalized spacial score (nSPS) is 21.3. The minimum atomic E-state index is -1.98. The molecule has 3 fully saturated rings. The third kappa shape index (κ3) is 6.78. The van der Waals surface area contributed by atoms with Crippen LogP contribution in [0.25, 0.3) is 22.2 Å².